The number of ether oxygens (including phenoxy) is 1. The van der Waals surface area contributed by atoms with E-state index in [1.165, 1.54) is 0 Å². The van der Waals surface area contributed by atoms with Gasteiger partial charge in [0.05, 0.1) is 0 Å². The SMILES string of the molecule is C=CCC(=C)COc1ccc(Cl)c(C)c1. The van der Waals surface area contributed by atoms with E-state index in [0.717, 1.165) is 28.3 Å². The Kier molecular flexibility index (Phi) is 4.44. The predicted octanol–water partition coefficient (Wildman–Crippen LogP) is 4.16. The van der Waals surface area contributed by atoms with Crippen molar-refractivity contribution in [3.63, 3.8) is 0 Å². The molecule has 0 aromatic heterocycles. The smallest absolute Gasteiger partial charge is 0.120 e. The zero-order chi connectivity index (χ0) is 11.3. The summed E-state index contributed by atoms with van der Waals surface area (Å²) in [6.45, 7) is 10.00. The van der Waals surface area contributed by atoms with Gasteiger partial charge >= 0.3 is 0 Å². The topological polar surface area (TPSA) is 9.23 Å². The van der Waals surface area contributed by atoms with Crippen molar-refractivity contribution in [2.45, 2.75) is 13.3 Å². The molecule has 0 saturated heterocycles. The van der Waals surface area contributed by atoms with Crippen molar-refractivity contribution in [2.75, 3.05) is 6.61 Å². The van der Waals surface area contributed by atoms with Crippen LogP contribution in [0.3, 0.4) is 0 Å². The Morgan fingerprint density at radius 3 is 2.87 bits per heavy atom. The second kappa shape index (κ2) is 5.62. The molecule has 0 N–H and O–H groups in total. The van der Waals surface area contributed by atoms with Crippen LogP contribution in [0.4, 0.5) is 0 Å². The first-order valence-electron chi connectivity index (χ1n) is 4.80. The highest BCUT2D eigenvalue weighted by atomic mass is 35.5. The van der Waals surface area contributed by atoms with E-state index in [9.17, 15) is 0 Å². The highest BCUT2D eigenvalue weighted by Crippen LogP contribution is 2.21. The van der Waals surface area contributed by atoms with Crippen LogP contribution < -0.4 is 4.74 Å². The molecule has 0 fully saturated rings. The lowest BCUT2D eigenvalue weighted by Gasteiger charge is -2.08. The molecular formula is C13H15ClO. The van der Waals surface area contributed by atoms with Crippen molar-refractivity contribution in [2.24, 2.45) is 0 Å². The molecule has 0 saturated carbocycles. The molecule has 1 nitrogen and oxygen atoms in total. The number of allylic oxidation sites excluding steroid dienone is 1. The molecule has 0 radical (unpaired) electrons. The van der Waals surface area contributed by atoms with Crippen molar-refractivity contribution < 1.29 is 4.74 Å². The first kappa shape index (κ1) is 11.9. The summed E-state index contributed by atoms with van der Waals surface area (Å²) >= 11 is 5.91. The highest BCUT2D eigenvalue weighted by molar-refractivity contribution is 6.31. The molecule has 0 bridgehead atoms. The minimum absolute atomic E-state index is 0.521. The van der Waals surface area contributed by atoms with Crippen molar-refractivity contribution in [3.05, 3.63) is 53.6 Å². The second-order valence-electron chi connectivity index (χ2n) is 3.44. The van der Waals surface area contributed by atoms with Crippen molar-refractivity contribution in [1.29, 1.82) is 0 Å². The van der Waals surface area contributed by atoms with E-state index in [4.69, 9.17) is 16.3 Å². The van der Waals surface area contributed by atoms with Crippen LogP contribution in [0.2, 0.25) is 5.02 Å². The van der Waals surface area contributed by atoms with Gasteiger partial charge in [-0.15, -0.1) is 6.58 Å². The van der Waals surface area contributed by atoms with Crippen molar-refractivity contribution in [1.82, 2.24) is 0 Å². The number of hydrogen-bond acceptors (Lipinski definition) is 1. The van der Waals surface area contributed by atoms with E-state index in [2.05, 4.69) is 13.2 Å². The van der Waals surface area contributed by atoms with Gasteiger partial charge in [-0.1, -0.05) is 24.3 Å². The summed E-state index contributed by atoms with van der Waals surface area (Å²) in [5.41, 5.74) is 2.03. The van der Waals surface area contributed by atoms with Gasteiger partial charge in [-0.25, -0.2) is 0 Å². The van der Waals surface area contributed by atoms with Crippen LogP contribution in [-0.2, 0) is 0 Å². The summed E-state index contributed by atoms with van der Waals surface area (Å²) in [5, 5.41) is 0.757. The maximum absolute atomic E-state index is 5.91. The zero-order valence-electron chi connectivity index (χ0n) is 8.92. The summed E-state index contributed by atoms with van der Waals surface area (Å²) in [5.74, 6) is 0.821. The summed E-state index contributed by atoms with van der Waals surface area (Å²) in [4.78, 5) is 0. The fraction of sp³-hybridized carbons (Fsp3) is 0.231. The second-order valence-corrected chi connectivity index (χ2v) is 3.85. The highest BCUT2D eigenvalue weighted by Gasteiger charge is 1.99. The monoisotopic (exact) mass is 222 g/mol. The Morgan fingerprint density at radius 2 is 2.27 bits per heavy atom. The molecule has 0 amide bonds. The number of rotatable bonds is 5. The molecule has 15 heavy (non-hydrogen) atoms. The van der Waals surface area contributed by atoms with Gasteiger partial charge in [0.1, 0.15) is 12.4 Å². The zero-order valence-corrected chi connectivity index (χ0v) is 9.68. The van der Waals surface area contributed by atoms with E-state index < -0.39 is 0 Å². The lowest BCUT2D eigenvalue weighted by atomic mass is 10.2. The van der Waals surface area contributed by atoms with Gasteiger partial charge in [-0.05, 0) is 42.7 Å². The number of aryl methyl sites for hydroxylation is 1. The molecule has 0 aliphatic rings. The third kappa shape index (κ3) is 3.80. The van der Waals surface area contributed by atoms with Gasteiger partial charge in [0.15, 0.2) is 0 Å². The molecule has 1 rings (SSSR count). The van der Waals surface area contributed by atoms with Gasteiger partial charge in [-0.3, -0.25) is 0 Å². The lowest BCUT2D eigenvalue weighted by molar-refractivity contribution is 0.350. The standard InChI is InChI=1S/C13H15ClO/c1-4-5-10(2)9-15-12-6-7-13(14)11(3)8-12/h4,6-8H,1-2,5,9H2,3H3. The average Bonchev–Trinajstić information content (AvgIpc) is 2.20. The molecule has 0 aliphatic heterocycles. The fourth-order valence-electron chi connectivity index (χ4n) is 1.16. The minimum Gasteiger partial charge on any atom is -0.489 e. The first-order chi connectivity index (χ1) is 7.13. The van der Waals surface area contributed by atoms with Crippen LogP contribution in [-0.4, -0.2) is 6.61 Å². The van der Waals surface area contributed by atoms with E-state index in [1.54, 1.807) is 0 Å². The number of hydrogen-bond donors (Lipinski definition) is 0. The molecule has 2 heteroatoms. The van der Waals surface area contributed by atoms with E-state index in [0.29, 0.717) is 6.61 Å². The Bertz CT molecular complexity index is 369. The molecule has 80 valence electrons. The summed E-state index contributed by atoms with van der Waals surface area (Å²) in [6.07, 6.45) is 2.60. The average molecular weight is 223 g/mol. The number of halogens is 1. The largest absolute Gasteiger partial charge is 0.489 e. The van der Waals surface area contributed by atoms with E-state index >= 15 is 0 Å². The molecular weight excluding hydrogens is 208 g/mol. The molecule has 0 aliphatic carbocycles. The van der Waals surface area contributed by atoms with Crippen LogP contribution >= 0.6 is 11.6 Å². The van der Waals surface area contributed by atoms with Crippen LogP contribution in [0.25, 0.3) is 0 Å². The third-order valence-corrected chi connectivity index (χ3v) is 2.43. The van der Waals surface area contributed by atoms with Crippen LogP contribution in [0.5, 0.6) is 5.75 Å². The lowest BCUT2D eigenvalue weighted by Crippen LogP contribution is -1.99. The molecule has 1 aromatic carbocycles. The van der Waals surface area contributed by atoms with Gasteiger partial charge in [0, 0.05) is 5.02 Å². The van der Waals surface area contributed by atoms with E-state index in [-0.39, 0.29) is 0 Å². The normalized spacial score (nSPS) is 9.73. The maximum atomic E-state index is 5.91. The van der Waals surface area contributed by atoms with Crippen molar-refractivity contribution >= 4 is 11.6 Å². The summed E-state index contributed by atoms with van der Waals surface area (Å²) in [6, 6.07) is 5.61. The Labute approximate surface area is 96.0 Å². The van der Waals surface area contributed by atoms with Gasteiger partial charge in [-0.2, -0.15) is 0 Å². The fourth-order valence-corrected chi connectivity index (χ4v) is 1.27. The quantitative estimate of drug-likeness (QED) is 0.680. The molecule has 1 aromatic rings. The summed E-state index contributed by atoms with van der Waals surface area (Å²) in [7, 11) is 0. The van der Waals surface area contributed by atoms with Gasteiger partial charge < -0.3 is 4.74 Å². The maximum Gasteiger partial charge on any atom is 0.120 e. The number of benzene rings is 1. The van der Waals surface area contributed by atoms with E-state index in [1.807, 2.05) is 31.2 Å². The van der Waals surface area contributed by atoms with Gasteiger partial charge in [0.25, 0.3) is 0 Å². The third-order valence-electron chi connectivity index (χ3n) is 2.01. The molecule has 0 spiro atoms. The van der Waals surface area contributed by atoms with Crippen molar-refractivity contribution in [3.8, 4) is 5.75 Å². The molecule has 0 heterocycles. The van der Waals surface area contributed by atoms with Crippen LogP contribution in [0.15, 0.2) is 43.0 Å². The Balaban J connectivity index is 2.54. The van der Waals surface area contributed by atoms with Crippen LogP contribution in [0.1, 0.15) is 12.0 Å². The Morgan fingerprint density at radius 1 is 1.53 bits per heavy atom. The minimum atomic E-state index is 0.521. The Hall–Kier alpha value is -1.21. The first-order valence-corrected chi connectivity index (χ1v) is 5.17. The van der Waals surface area contributed by atoms with Crippen LogP contribution in [0, 0.1) is 6.92 Å². The predicted molar refractivity (Wildman–Crippen MR) is 65.6 cm³/mol. The summed E-state index contributed by atoms with van der Waals surface area (Å²) < 4.78 is 5.55. The molecule has 0 unspecified atom stereocenters. The van der Waals surface area contributed by atoms with Gasteiger partial charge in [0.2, 0.25) is 0 Å². The molecule has 0 atom stereocenters.